The topological polar surface area (TPSA) is 55.4 Å². The van der Waals surface area contributed by atoms with Gasteiger partial charge in [-0.15, -0.1) is 10.2 Å². The molecule has 4 aromatic rings. The Morgan fingerprint density at radius 3 is 2.52 bits per heavy atom. The molecule has 0 bridgehead atoms. The summed E-state index contributed by atoms with van der Waals surface area (Å²) in [5.74, 6) is 0.879. The number of likely N-dealkylation sites (tertiary alicyclic amines) is 1. The molecule has 0 spiro atoms. The molecule has 5 rings (SSSR count). The number of hydrogen-bond acceptors (Lipinski definition) is 3. The van der Waals surface area contributed by atoms with Gasteiger partial charge in [0.15, 0.2) is 11.5 Å². The van der Waals surface area contributed by atoms with Crippen LogP contribution in [0.3, 0.4) is 0 Å². The monoisotopic (exact) mass is 357 g/mol. The summed E-state index contributed by atoms with van der Waals surface area (Å²) in [5.41, 5.74) is 2.55. The van der Waals surface area contributed by atoms with Crippen molar-refractivity contribution in [3.63, 3.8) is 0 Å². The number of benzene rings is 1. The van der Waals surface area contributed by atoms with Gasteiger partial charge in [-0.2, -0.15) is 0 Å². The van der Waals surface area contributed by atoms with Crippen molar-refractivity contribution in [3.05, 3.63) is 84.6 Å². The van der Waals surface area contributed by atoms with Crippen LogP contribution in [0.15, 0.2) is 73.2 Å². The summed E-state index contributed by atoms with van der Waals surface area (Å²) in [5, 5.41) is 8.61. The molecule has 1 aliphatic rings. The normalized spacial score (nSPS) is 16.9. The molecule has 0 N–H and O–H groups in total. The number of pyridine rings is 1. The number of nitrogens with zero attached hydrogens (tertiary/aromatic N) is 5. The van der Waals surface area contributed by atoms with Gasteiger partial charge in [-0.25, -0.2) is 0 Å². The molecule has 0 radical (unpaired) electrons. The molecule has 4 heterocycles. The van der Waals surface area contributed by atoms with Gasteiger partial charge in [-0.3, -0.25) is 9.20 Å². The number of rotatable bonds is 3. The van der Waals surface area contributed by atoms with E-state index in [-0.39, 0.29) is 11.9 Å². The summed E-state index contributed by atoms with van der Waals surface area (Å²) in [6, 6.07) is 17.5. The van der Waals surface area contributed by atoms with E-state index >= 15 is 0 Å². The maximum Gasteiger partial charge on any atom is 0.254 e. The smallest absolute Gasteiger partial charge is 0.254 e. The van der Waals surface area contributed by atoms with Gasteiger partial charge in [0.25, 0.3) is 5.91 Å². The molecule has 27 heavy (non-hydrogen) atoms. The molecular formula is C21H19N5O. The minimum absolute atomic E-state index is 0.0426. The molecule has 6 heteroatoms. The summed E-state index contributed by atoms with van der Waals surface area (Å²) in [6.07, 6.45) is 7.81. The van der Waals surface area contributed by atoms with Crippen molar-refractivity contribution >= 4 is 11.6 Å². The standard InChI is InChI=1S/C21H19N5O/c27-21(16-8-10-17(11-9-16)24-12-3-4-13-24)25-15-5-6-18(25)20-23-22-19-7-1-2-14-26(19)20/h1-4,7-14,18H,5-6,15H2/t18-/m1/s1. The first-order chi connectivity index (χ1) is 13.3. The Morgan fingerprint density at radius 2 is 1.70 bits per heavy atom. The number of hydrogen-bond donors (Lipinski definition) is 0. The van der Waals surface area contributed by atoms with Gasteiger partial charge in [-0.05, 0) is 61.4 Å². The quantitative estimate of drug-likeness (QED) is 0.564. The van der Waals surface area contributed by atoms with Gasteiger partial charge >= 0.3 is 0 Å². The van der Waals surface area contributed by atoms with E-state index in [2.05, 4.69) is 10.2 Å². The first-order valence-electron chi connectivity index (χ1n) is 9.15. The van der Waals surface area contributed by atoms with Gasteiger partial charge in [-0.1, -0.05) is 6.07 Å². The molecule has 1 amide bonds. The zero-order valence-corrected chi connectivity index (χ0v) is 14.8. The van der Waals surface area contributed by atoms with E-state index in [0.29, 0.717) is 5.56 Å². The number of carbonyl (C=O) groups is 1. The van der Waals surface area contributed by atoms with Crippen molar-refractivity contribution in [1.29, 1.82) is 0 Å². The second-order valence-electron chi connectivity index (χ2n) is 6.78. The number of amides is 1. The summed E-state index contributed by atoms with van der Waals surface area (Å²) >= 11 is 0. The fourth-order valence-corrected chi connectivity index (χ4v) is 3.81. The van der Waals surface area contributed by atoms with E-state index in [1.807, 2.05) is 87.1 Å². The Hall–Kier alpha value is -3.41. The first kappa shape index (κ1) is 15.8. The highest BCUT2D eigenvalue weighted by Crippen LogP contribution is 2.32. The van der Waals surface area contributed by atoms with E-state index in [9.17, 15) is 4.79 Å². The zero-order valence-electron chi connectivity index (χ0n) is 14.8. The minimum atomic E-state index is -0.0426. The van der Waals surface area contributed by atoms with Crippen molar-refractivity contribution in [2.45, 2.75) is 18.9 Å². The van der Waals surface area contributed by atoms with Crippen LogP contribution in [0.25, 0.3) is 11.3 Å². The van der Waals surface area contributed by atoms with Crippen LogP contribution in [0.1, 0.15) is 35.1 Å². The molecule has 3 aromatic heterocycles. The summed E-state index contributed by atoms with van der Waals surface area (Å²) in [6.45, 7) is 0.741. The van der Waals surface area contributed by atoms with Crippen molar-refractivity contribution < 1.29 is 4.79 Å². The van der Waals surface area contributed by atoms with Gasteiger partial charge in [0.1, 0.15) is 0 Å². The summed E-state index contributed by atoms with van der Waals surface area (Å²) in [4.78, 5) is 15.1. The first-order valence-corrected chi connectivity index (χ1v) is 9.15. The third kappa shape index (κ3) is 2.70. The van der Waals surface area contributed by atoms with E-state index in [4.69, 9.17) is 0 Å². The van der Waals surface area contributed by atoms with E-state index < -0.39 is 0 Å². The van der Waals surface area contributed by atoms with Crippen LogP contribution in [0.5, 0.6) is 0 Å². The molecule has 1 atom stereocenters. The fourth-order valence-electron chi connectivity index (χ4n) is 3.81. The molecule has 0 saturated carbocycles. The van der Waals surface area contributed by atoms with Crippen LogP contribution in [-0.2, 0) is 0 Å². The number of fused-ring (bicyclic) bond motifs is 1. The molecule has 1 aliphatic heterocycles. The summed E-state index contributed by atoms with van der Waals surface area (Å²) < 4.78 is 4.00. The highest BCUT2D eigenvalue weighted by molar-refractivity contribution is 5.94. The van der Waals surface area contributed by atoms with Crippen molar-refractivity contribution in [2.24, 2.45) is 0 Å². The Bertz CT molecular complexity index is 1080. The highest BCUT2D eigenvalue weighted by atomic mass is 16.2. The van der Waals surface area contributed by atoms with E-state index in [0.717, 1.165) is 36.5 Å². The van der Waals surface area contributed by atoms with Gasteiger partial charge in [0, 0.05) is 36.4 Å². The molecule has 1 fully saturated rings. The van der Waals surface area contributed by atoms with Crippen LogP contribution in [-0.4, -0.2) is 36.5 Å². The lowest BCUT2D eigenvalue weighted by molar-refractivity contribution is 0.0729. The van der Waals surface area contributed by atoms with Crippen LogP contribution >= 0.6 is 0 Å². The van der Waals surface area contributed by atoms with Crippen LogP contribution < -0.4 is 0 Å². The molecule has 6 nitrogen and oxygen atoms in total. The molecule has 1 saturated heterocycles. The van der Waals surface area contributed by atoms with Crippen LogP contribution in [0, 0.1) is 0 Å². The average Bonchev–Trinajstić information content (AvgIpc) is 3.47. The van der Waals surface area contributed by atoms with Gasteiger partial charge in [0.2, 0.25) is 0 Å². The predicted octanol–water partition coefficient (Wildman–Crippen LogP) is 3.50. The average molecular weight is 357 g/mol. The highest BCUT2D eigenvalue weighted by Gasteiger charge is 2.33. The second-order valence-corrected chi connectivity index (χ2v) is 6.78. The Balaban J connectivity index is 1.44. The maximum absolute atomic E-state index is 13.1. The Morgan fingerprint density at radius 1 is 0.926 bits per heavy atom. The second kappa shape index (κ2) is 6.39. The lowest BCUT2D eigenvalue weighted by Crippen LogP contribution is -2.31. The molecule has 1 aromatic carbocycles. The van der Waals surface area contributed by atoms with Gasteiger partial charge < -0.3 is 9.47 Å². The minimum Gasteiger partial charge on any atom is -0.328 e. The largest absolute Gasteiger partial charge is 0.328 e. The fraction of sp³-hybridized carbons (Fsp3) is 0.190. The number of carbonyl (C=O) groups excluding carboxylic acids is 1. The van der Waals surface area contributed by atoms with Crippen molar-refractivity contribution in [2.75, 3.05) is 6.54 Å². The zero-order chi connectivity index (χ0) is 18.2. The van der Waals surface area contributed by atoms with Crippen molar-refractivity contribution in [1.82, 2.24) is 24.1 Å². The Kier molecular flexibility index (Phi) is 3.74. The van der Waals surface area contributed by atoms with Gasteiger partial charge in [0.05, 0.1) is 6.04 Å². The van der Waals surface area contributed by atoms with E-state index in [1.54, 1.807) is 0 Å². The van der Waals surface area contributed by atoms with E-state index in [1.165, 1.54) is 0 Å². The molecule has 0 unspecified atom stereocenters. The van der Waals surface area contributed by atoms with Crippen LogP contribution in [0.4, 0.5) is 0 Å². The molecular weight excluding hydrogens is 338 g/mol. The predicted molar refractivity (Wildman–Crippen MR) is 102 cm³/mol. The van der Waals surface area contributed by atoms with Crippen molar-refractivity contribution in [3.8, 4) is 5.69 Å². The Labute approximate surface area is 156 Å². The lowest BCUT2D eigenvalue weighted by Gasteiger charge is -2.23. The van der Waals surface area contributed by atoms with Crippen LogP contribution in [0.2, 0.25) is 0 Å². The summed E-state index contributed by atoms with van der Waals surface area (Å²) in [7, 11) is 0. The lowest BCUT2D eigenvalue weighted by atomic mass is 10.1. The SMILES string of the molecule is O=C(c1ccc(-n2cccc2)cc1)N1CCC[C@@H]1c1nnc2ccccn12. The molecule has 0 aliphatic carbocycles. The molecule has 134 valence electrons. The maximum atomic E-state index is 13.1. The third-order valence-corrected chi connectivity index (χ3v) is 5.17. The third-order valence-electron chi connectivity index (χ3n) is 5.17. The number of aromatic nitrogens is 4.